The van der Waals surface area contributed by atoms with Crippen molar-refractivity contribution in [3.8, 4) is 0 Å². The van der Waals surface area contributed by atoms with Gasteiger partial charge in [0.25, 0.3) is 0 Å². The molecule has 0 heterocycles. The number of benzene rings is 2. The third-order valence-electron chi connectivity index (χ3n) is 6.38. The summed E-state index contributed by atoms with van der Waals surface area (Å²) in [6.07, 6.45) is 0. The Morgan fingerprint density at radius 2 is 0.806 bits per heavy atom. The second-order valence-electron chi connectivity index (χ2n) is 11.0. The van der Waals surface area contributed by atoms with Crippen molar-refractivity contribution in [2.24, 2.45) is 0 Å². The molecule has 0 unspecified atom stereocenters. The van der Waals surface area contributed by atoms with Crippen molar-refractivity contribution >= 4 is 54.0 Å². The van der Waals surface area contributed by atoms with Crippen molar-refractivity contribution in [3.05, 3.63) is 96.8 Å². The summed E-state index contributed by atoms with van der Waals surface area (Å²) >= 11 is 1.81. The first-order chi connectivity index (χ1) is 14.8. The molecular formula is C32H46Cl2SiTi-4. The van der Waals surface area contributed by atoms with E-state index >= 15 is 0 Å². The van der Waals surface area contributed by atoms with Crippen molar-refractivity contribution in [2.75, 3.05) is 0 Å². The van der Waals surface area contributed by atoms with Crippen molar-refractivity contribution in [1.29, 1.82) is 0 Å². The molecule has 0 atom stereocenters. The normalized spacial score (nSPS) is 10.4. The van der Waals surface area contributed by atoms with Gasteiger partial charge in [0.1, 0.15) is 0 Å². The quantitative estimate of drug-likeness (QED) is 0.144. The SMILES string of the molecule is Cc1ccc(C)c2[cH-]c(C(C)(C)C)cc12.Cc1ccc(C)c2[cH-]c(C(C)(C)C)cc12.Cl.Cl.[CH3-].[CH3-].[Si]=[Ti]. The molecule has 2 radical (unpaired) electrons. The van der Waals surface area contributed by atoms with Gasteiger partial charge >= 0.3 is 26.8 Å². The van der Waals surface area contributed by atoms with E-state index in [1.807, 2.05) is 0 Å². The molecular weight excluding hydrogens is 531 g/mol. The van der Waals surface area contributed by atoms with E-state index in [0.717, 1.165) is 0 Å². The zero-order valence-electron chi connectivity index (χ0n) is 24.4. The van der Waals surface area contributed by atoms with Gasteiger partial charge in [-0.15, -0.1) is 92.9 Å². The second-order valence-corrected chi connectivity index (χ2v) is 11.0. The standard InChI is InChI=1S/2C15H19.2CH3.2ClH.Si.Ti/c2*1-10-6-7-11(2)14-9-12(8-13(10)14)15(3,4)5;;;;;;/h2*6-9H,1-5H3;2*1H3;2*1H;;/q4*-1;;;;. The van der Waals surface area contributed by atoms with E-state index in [2.05, 4.69) is 125 Å². The first kappa shape index (κ1) is 39.7. The number of aryl methyl sites for hydroxylation is 4. The molecule has 36 heavy (non-hydrogen) atoms. The summed E-state index contributed by atoms with van der Waals surface area (Å²) in [6.45, 7) is 22.4. The van der Waals surface area contributed by atoms with Gasteiger partial charge in [-0.3, -0.25) is 0 Å². The summed E-state index contributed by atoms with van der Waals surface area (Å²) in [5.41, 5.74) is 8.90. The van der Waals surface area contributed by atoms with Crippen LogP contribution < -0.4 is 0 Å². The van der Waals surface area contributed by atoms with Crippen LogP contribution in [-0.2, 0) is 30.0 Å². The first-order valence-electron chi connectivity index (χ1n) is 11.4. The van der Waals surface area contributed by atoms with Gasteiger partial charge in [0.15, 0.2) is 0 Å². The maximum absolute atomic E-state index is 2.97. The van der Waals surface area contributed by atoms with E-state index in [0.29, 0.717) is 0 Å². The van der Waals surface area contributed by atoms with Crippen molar-refractivity contribution in [2.45, 2.75) is 80.1 Å². The minimum absolute atomic E-state index is 0. The van der Waals surface area contributed by atoms with E-state index < -0.39 is 0 Å². The number of hydrogen-bond donors (Lipinski definition) is 0. The van der Waals surface area contributed by atoms with Crippen molar-refractivity contribution < 1.29 is 19.2 Å². The predicted molar refractivity (Wildman–Crippen MR) is 169 cm³/mol. The van der Waals surface area contributed by atoms with Crippen LogP contribution in [-0.4, -0.2) is 7.63 Å². The van der Waals surface area contributed by atoms with E-state index in [4.69, 9.17) is 0 Å². The Morgan fingerprint density at radius 3 is 1.03 bits per heavy atom. The molecule has 0 N–H and O–H groups in total. The van der Waals surface area contributed by atoms with Crippen molar-refractivity contribution in [1.82, 2.24) is 0 Å². The molecule has 0 saturated heterocycles. The van der Waals surface area contributed by atoms with Gasteiger partial charge in [-0.25, -0.2) is 0 Å². The molecule has 0 aliphatic carbocycles. The van der Waals surface area contributed by atoms with E-state index in [9.17, 15) is 0 Å². The summed E-state index contributed by atoms with van der Waals surface area (Å²) in [4.78, 5) is 0. The summed E-state index contributed by atoms with van der Waals surface area (Å²) in [6, 6.07) is 18.2. The van der Waals surface area contributed by atoms with Gasteiger partial charge in [-0.05, 0) is 24.7 Å². The van der Waals surface area contributed by atoms with Crippen LogP contribution in [0.2, 0.25) is 0 Å². The molecule has 4 aromatic rings. The fourth-order valence-corrected chi connectivity index (χ4v) is 4.05. The van der Waals surface area contributed by atoms with Crippen LogP contribution in [0.3, 0.4) is 0 Å². The Balaban J connectivity index is -0.000000513. The van der Waals surface area contributed by atoms with Gasteiger partial charge in [0.2, 0.25) is 0 Å². The molecule has 0 aliphatic heterocycles. The molecule has 0 saturated carbocycles. The van der Waals surface area contributed by atoms with Gasteiger partial charge in [-0.2, -0.15) is 12.1 Å². The Kier molecular flexibility index (Phi) is 17.1. The van der Waals surface area contributed by atoms with Gasteiger partial charge in [0.05, 0.1) is 0 Å². The molecule has 200 valence electrons. The van der Waals surface area contributed by atoms with Crippen LogP contribution in [0.4, 0.5) is 0 Å². The van der Waals surface area contributed by atoms with Crippen LogP contribution >= 0.6 is 24.8 Å². The molecule has 0 aromatic heterocycles. The Labute approximate surface area is 248 Å². The first-order valence-corrected chi connectivity index (χ1v) is 14.2. The van der Waals surface area contributed by atoms with E-state index in [1.165, 1.54) is 54.9 Å². The predicted octanol–water partition coefficient (Wildman–Crippen LogP) is 10.3. The molecule has 0 nitrogen and oxygen atoms in total. The van der Waals surface area contributed by atoms with E-state index in [-0.39, 0.29) is 50.5 Å². The third-order valence-corrected chi connectivity index (χ3v) is 6.38. The van der Waals surface area contributed by atoms with Crippen LogP contribution in [0.5, 0.6) is 0 Å². The number of hydrogen-bond acceptors (Lipinski definition) is 0. The molecule has 4 rings (SSSR count). The van der Waals surface area contributed by atoms with Crippen LogP contribution in [0.15, 0.2) is 48.5 Å². The minimum atomic E-state index is 0. The van der Waals surface area contributed by atoms with Crippen LogP contribution in [0.25, 0.3) is 21.5 Å². The maximum atomic E-state index is 2.97. The monoisotopic (exact) mass is 576 g/mol. The average molecular weight is 578 g/mol. The number of halogens is 2. The van der Waals surface area contributed by atoms with Crippen LogP contribution in [0.1, 0.15) is 74.9 Å². The Morgan fingerprint density at radius 1 is 0.556 bits per heavy atom. The fraction of sp³-hybridized carbons (Fsp3) is 0.375. The zero-order valence-corrected chi connectivity index (χ0v) is 28.6. The average Bonchev–Trinajstić information content (AvgIpc) is 3.36. The van der Waals surface area contributed by atoms with E-state index in [1.54, 1.807) is 19.2 Å². The van der Waals surface area contributed by atoms with Gasteiger partial charge < -0.3 is 14.9 Å². The van der Waals surface area contributed by atoms with Crippen LogP contribution in [0, 0.1) is 42.5 Å². The second kappa shape index (κ2) is 15.6. The number of fused-ring (bicyclic) bond motifs is 2. The molecule has 0 amide bonds. The molecule has 0 spiro atoms. The summed E-state index contributed by atoms with van der Waals surface area (Å²) in [7, 11) is 2.97. The molecule has 4 aromatic carbocycles. The molecule has 4 heteroatoms. The Hall–Kier alpha value is -0.829. The summed E-state index contributed by atoms with van der Waals surface area (Å²) < 4.78 is 0. The molecule has 0 aliphatic rings. The zero-order chi connectivity index (χ0) is 24.4. The summed E-state index contributed by atoms with van der Waals surface area (Å²) in [5, 5.41) is 5.67. The molecule has 0 fully saturated rings. The number of rotatable bonds is 0. The van der Waals surface area contributed by atoms with Crippen molar-refractivity contribution in [3.63, 3.8) is 0 Å². The third kappa shape index (κ3) is 9.17. The fourth-order valence-electron chi connectivity index (χ4n) is 4.05. The van der Waals surface area contributed by atoms with Gasteiger partial charge in [-0.1, -0.05) is 78.6 Å². The summed E-state index contributed by atoms with van der Waals surface area (Å²) in [5.74, 6) is 0. The molecule has 0 bridgehead atoms. The Bertz CT molecular complexity index is 1040. The topological polar surface area (TPSA) is 0 Å². The van der Waals surface area contributed by atoms with Gasteiger partial charge in [0, 0.05) is 0 Å².